The van der Waals surface area contributed by atoms with Gasteiger partial charge in [0.25, 0.3) is 0 Å². The van der Waals surface area contributed by atoms with Crippen LogP contribution in [0.25, 0.3) is 0 Å². The molecule has 1 aromatic carbocycles. The Bertz CT molecular complexity index is 652. The highest BCUT2D eigenvalue weighted by Crippen LogP contribution is 2.51. The van der Waals surface area contributed by atoms with Crippen LogP contribution in [0.2, 0.25) is 0 Å². The molecule has 4 nitrogen and oxygen atoms in total. The predicted octanol–water partition coefficient (Wildman–Crippen LogP) is 5.35. The molecular weight excluding hydrogens is 328 g/mol. The number of hydrogen-bond acceptors (Lipinski definition) is 3. The van der Waals surface area contributed by atoms with E-state index in [9.17, 15) is 9.90 Å². The average molecular weight is 360 g/mol. The van der Waals surface area contributed by atoms with E-state index in [1.54, 1.807) is 14.2 Å². The Morgan fingerprint density at radius 3 is 2.35 bits per heavy atom. The van der Waals surface area contributed by atoms with Crippen molar-refractivity contribution in [1.29, 1.82) is 0 Å². The largest absolute Gasteiger partial charge is 0.496 e. The maximum atomic E-state index is 12.1. The predicted molar refractivity (Wildman–Crippen MR) is 104 cm³/mol. The second kappa shape index (κ2) is 8.61. The summed E-state index contributed by atoms with van der Waals surface area (Å²) >= 11 is 0. The summed E-state index contributed by atoms with van der Waals surface area (Å²) in [5.74, 6) is 0.393. The zero-order valence-corrected chi connectivity index (χ0v) is 16.7. The molecule has 0 radical (unpaired) electrons. The smallest absolute Gasteiger partial charge is 0.310 e. The second-order valence-corrected chi connectivity index (χ2v) is 7.58. The van der Waals surface area contributed by atoms with Gasteiger partial charge in [-0.1, -0.05) is 31.4 Å². The highest BCUT2D eigenvalue weighted by Gasteiger charge is 2.45. The van der Waals surface area contributed by atoms with Gasteiger partial charge < -0.3 is 14.6 Å². The minimum Gasteiger partial charge on any atom is -0.496 e. The van der Waals surface area contributed by atoms with E-state index in [2.05, 4.69) is 19.9 Å². The Labute approximate surface area is 157 Å². The fraction of sp³-hybridized carbons (Fsp3) is 0.591. The summed E-state index contributed by atoms with van der Waals surface area (Å²) in [4.78, 5) is 12.1. The van der Waals surface area contributed by atoms with Gasteiger partial charge in [0.05, 0.1) is 19.6 Å². The lowest BCUT2D eigenvalue weighted by Crippen LogP contribution is -2.36. The quantitative estimate of drug-likeness (QED) is 0.501. The summed E-state index contributed by atoms with van der Waals surface area (Å²) in [6.45, 7) is 6.08. The zero-order valence-electron chi connectivity index (χ0n) is 16.7. The van der Waals surface area contributed by atoms with E-state index in [4.69, 9.17) is 9.47 Å². The normalized spacial score (nSPS) is 22.7. The molecule has 0 unspecified atom stereocenters. The maximum Gasteiger partial charge on any atom is 0.310 e. The number of methoxy groups -OCH3 is 2. The zero-order chi connectivity index (χ0) is 19.3. The van der Waals surface area contributed by atoms with Gasteiger partial charge in [0.15, 0.2) is 0 Å². The number of rotatable bonds is 8. The molecule has 0 saturated heterocycles. The van der Waals surface area contributed by atoms with E-state index in [0.29, 0.717) is 6.42 Å². The van der Waals surface area contributed by atoms with Gasteiger partial charge >= 0.3 is 5.97 Å². The van der Waals surface area contributed by atoms with Crippen molar-refractivity contribution >= 4 is 5.97 Å². The number of benzene rings is 1. The number of hydrogen-bond donors (Lipinski definition) is 1. The molecule has 1 aliphatic carbocycles. The van der Waals surface area contributed by atoms with Crippen LogP contribution in [0.5, 0.6) is 11.5 Å². The van der Waals surface area contributed by atoms with Gasteiger partial charge in [0, 0.05) is 11.5 Å². The number of allylic oxidation sites excluding steroid dienone is 2. The standard InChI is InChI=1S/C22H32O4/c1-6-7-8-9-16-13-18(25-4)20(19(14-16)26-5)17-12-15(2)10-11-22(17,3)21(23)24/h12-14,17H,6-11H2,1-5H3,(H,23,24)/t17-,22-/m1/s1. The van der Waals surface area contributed by atoms with Crippen LogP contribution in [-0.4, -0.2) is 25.3 Å². The molecule has 2 atom stereocenters. The van der Waals surface area contributed by atoms with E-state index in [1.165, 1.54) is 24.0 Å². The molecule has 1 aromatic rings. The molecule has 0 amide bonds. The molecule has 0 fully saturated rings. The third-order valence-electron chi connectivity index (χ3n) is 5.65. The third kappa shape index (κ3) is 4.05. The molecule has 1 aliphatic rings. The Hall–Kier alpha value is -1.97. The number of aryl methyl sites for hydroxylation is 1. The van der Waals surface area contributed by atoms with Crippen molar-refractivity contribution in [2.24, 2.45) is 5.41 Å². The fourth-order valence-corrected chi connectivity index (χ4v) is 3.83. The monoisotopic (exact) mass is 360 g/mol. The molecule has 0 saturated carbocycles. The fourth-order valence-electron chi connectivity index (χ4n) is 3.83. The number of carboxylic acids is 1. The summed E-state index contributed by atoms with van der Waals surface area (Å²) in [7, 11) is 3.29. The summed E-state index contributed by atoms with van der Waals surface area (Å²) in [6.07, 6.45) is 7.95. The van der Waals surface area contributed by atoms with Gasteiger partial charge in [0.2, 0.25) is 0 Å². The highest BCUT2D eigenvalue weighted by atomic mass is 16.5. The Morgan fingerprint density at radius 2 is 1.85 bits per heavy atom. The summed E-state index contributed by atoms with van der Waals surface area (Å²) in [5, 5.41) is 9.93. The van der Waals surface area contributed by atoms with Gasteiger partial charge in [-0.2, -0.15) is 0 Å². The lowest BCUT2D eigenvalue weighted by Gasteiger charge is -2.37. The first-order valence-electron chi connectivity index (χ1n) is 9.52. The molecule has 144 valence electrons. The van der Waals surface area contributed by atoms with E-state index in [0.717, 1.165) is 36.3 Å². The Kier molecular flexibility index (Phi) is 6.74. The minimum absolute atomic E-state index is 0.275. The van der Waals surface area contributed by atoms with Gasteiger partial charge in [0.1, 0.15) is 11.5 Å². The van der Waals surface area contributed by atoms with Crippen LogP contribution in [-0.2, 0) is 11.2 Å². The molecule has 0 bridgehead atoms. The number of aliphatic carboxylic acids is 1. The molecule has 0 heterocycles. The molecule has 2 rings (SSSR count). The van der Waals surface area contributed by atoms with Crippen LogP contribution in [0.1, 0.15) is 69.9 Å². The summed E-state index contributed by atoms with van der Waals surface area (Å²) in [5.41, 5.74) is 2.36. The van der Waals surface area contributed by atoms with Gasteiger partial charge in [-0.3, -0.25) is 4.79 Å². The summed E-state index contributed by atoms with van der Waals surface area (Å²) in [6, 6.07) is 4.10. The Morgan fingerprint density at radius 1 is 1.23 bits per heavy atom. The van der Waals surface area contributed by atoms with E-state index < -0.39 is 11.4 Å². The molecule has 1 N–H and O–H groups in total. The van der Waals surface area contributed by atoms with Gasteiger partial charge in [-0.15, -0.1) is 0 Å². The molecule has 0 spiro atoms. The topological polar surface area (TPSA) is 55.8 Å². The van der Waals surface area contributed by atoms with Crippen molar-refractivity contribution < 1.29 is 19.4 Å². The number of unbranched alkanes of at least 4 members (excludes halogenated alkanes) is 2. The molecule has 0 aliphatic heterocycles. The molecule has 4 heteroatoms. The van der Waals surface area contributed by atoms with Crippen LogP contribution >= 0.6 is 0 Å². The van der Waals surface area contributed by atoms with Gasteiger partial charge in [-0.25, -0.2) is 0 Å². The van der Waals surface area contributed by atoms with Crippen LogP contribution < -0.4 is 9.47 Å². The lowest BCUT2D eigenvalue weighted by molar-refractivity contribution is -0.149. The SMILES string of the molecule is CCCCCc1cc(OC)c([C@H]2C=C(C)CC[C@@]2(C)C(=O)O)c(OC)c1. The molecule has 0 aromatic heterocycles. The van der Waals surface area contributed by atoms with E-state index in [1.807, 2.05) is 19.1 Å². The van der Waals surface area contributed by atoms with Gasteiger partial charge in [-0.05, 0) is 57.2 Å². The minimum atomic E-state index is -0.871. The van der Waals surface area contributed by atoms with Crippen LogP contribution in [0.4, 0.5) is 0 Å². The van der Waals surface area contributed by atoms with Crippen LogP contribution in [0.3, 0.4) is 0 Å². The first-order valence-corrected chi connectivity index (χ1v) is 9.52. The number of carbonyl (C=O) groups is 1. The Balaban J connectivity index is 2.55. The first-order chi connectivity index (χ1) is 12.4. The van der Waals surface area contributed by atoms with Crippen LogP contribution in [0, 0.1) is 5.41 Å². The van der Waals surface area contributed by atoms with Crippen molar-refractivity contribution in [3.63, 3.8) is 0 Å². The third-order valence-corrected chi connectivity index (χ3v) is 5.65. The lowest BCUT2D eigenvalue weighted by atomic mass is 9.66. The first kappa shape index (κ1) is 20.3. The summed E-state index contributed by atoms with van der Waals surface area (Å²) < 4.78 is 11.4. The van der Waals surface area contributed by atoms with E-state index in [-0.39, 0.29) is 5.92 Å². The molecule has 26 heavy (non-hydrogen) atoms. The second-order valence-electron chi connectivity index (χ2n) is 7.58. The van der Waals surface area contributed by atoms with Crippen molar-refractivity contribution in [2.45, 2.75) is 65.2 Å². The average Bonchev–Trinajstić information content (AvgIpc) is 2.63. The highest BCUT2D eigenvalue weighted by molar-refractivity contribution is 5.77. The number of carboxylic acid groups (broad SMARTS) is 1. The van der Waals surface area contributed by atoms with Crippen LogP contribution in [0.15, 0.2) is 23.8 Å². The van der Waals surface area contributed by atoms with Crippen molar-refractivity contribution in [3.05, 3.63) is 34.9 Å². The van der Waals surface area contributed by atoms with E-state index >= 15 is 0 Å². The van der Waals surface area contributed by atoms with Crippen molar-refractivity contribution in [1.82, 2.24) is 0 Å². The van der Waals surface area contributed by atoms with Crippen molar-refractivity contribution in [2.75, 3.05) is 14.2 Å². The molecular formula is C22H32O4. The number of ether oxygens (including phenoxy) is 2. The van der Waals surface area contributed by atoms with Crippen molar-refractivity contribution in [3.8, 4) is 11.5 Å². The maximum absolute atomic E-state index is 12.1.